The number of amides is 2. The van der Waals surface area contributed by atoms with E-state index in [2.05, 4.69) is 0 Å². The number of hydrogen-bond donors (Lipinski definition) is 3. The molecule has 1 aliphatic rings. The van der Waals surface area contributed by atoms with Crippen LogP contribution in [0, 0.1) is 0 Å². The maximum Gasteiger partial charge on any atom is 1.00 e. The van der Waals surface area contributed by atoms with Gasteiger partial charge in [0, 0.05) is 0 Å². The van der Waals surface area contributed by atoms with E-state index in [0.29, 0.717) is 0 Å². The Bertz CT molecular complexity index is 535. The van der Waals surface area contributed by atoms with Crippen LogP contribution < -0.4 is 29.6 Å². The van der Waals surface area contributed by atoms with Crippen LogP contribution in [0.2, 0.25) is 0 Å². The maximum absolute atomic E-state index is 11.1. The van der Waals surface area contributed by atoms with Crippen LogP contribution >= 0.6 is 0 Å². The van der Waals surface area contributed by atoms with Crippen LogP contribution in [0.3, 0.4) is 0 Å². The molecule has 0 aromatic heterocycles. The van der Waals surface area contributed by atoms with Gasteiger partial charge in [0.05, 0.1) is 6.42 Å². The molecule has 0 radical (unpaired) electrons. The molecule has 94 valence electrons. The first kappa shape index (κ1) is 16.9. The largest absolute Gasteiger partial charge is 1.00 e. The first-order valence-electron chi connectivity index (χ1n) is 3.45. The molecule has 0 aliphatic carbocycles. The topological polar surface area (TPSA) is 166 Å². The van der Waals surface area contributed by atoms with Crippen molar-refractivity contribution < 1.29 is 71.7 Å². The Kier molecular flexibility index (Phi) is 4.52. The third-order valence-electron chi connectivity index (χ3n) is 1.97. The fourth-order valence-corrected chi connectivity index (χ4v) is 3.45. The van der Waals surface area contributed by atoms with Gasteiger partial charge in [0.25, 0.3) is 32.1 Å². The zero-order valence-corrected chi connectivity index (χ0v) is 11.9. The Hall–Kier alpha value is -0.0800. The number of carbonyl (C=O) groups excluding carboxylic acids is 2. The van der Waals surface area contributed by atoms with Crippen LogP contribution in [0.5, 0.6) is 0 Å². The van der Waals surface area contributed by atoms with E-state index in [1.54, 1.807) is 0 Å². The zero-order valence-electron chi connectivity index (χ0n) is 9.26. The van der Waals surface area contributed by atoms with Crippen LogP contribution in [0.1, 0.15) is 7.85 Å². The van der Waals surface area contributed by atoms with Crippen LogP contribution in [-0.4, -0.2) is 52.1 Å². The first-order chi connectivity index (χ1) is 6.95. The molecule has 0 aromatic rings. The fraction of sp³-hybridized carbons (Fsp3) is 0.500. The van der Waals surface area contributed by atoms with Crippen LogP contribution in [0.25, 0.3) is 0 Å². The summed E-state index contributed by atoms with van der Waals surface area (Å²) in [5, 5.41) is 7.92. The van der Waals surface area contributed by atoms with Crippen molar-refractivity contribution in [1.82, 2.24) is 5.06 Å². The van der Waals surface area contributed by atoms with E-state index in [-0.39, 0.29) is 31.0 Å². The smallest absolute Gasteiger partial charge is 1.00 e. The van der Waals surface area contributed by atoms with Crippen molar-refractivity contribution in [2.24, 2.45) is 0 Å². The Balaban J connectivity index is 0. The summed E-state index contributed by atoms with van der Waals surface area (Å²) >= 11 is 0. The first-order valence-corrected chi connectivity index (χ1v) is 6.33. The third kappa shape index (κ3) is 2.26. The van der Waals surface area contributed by atoms with Crippen molar-refractivity contribution in [2.75, 3.05) is 0 Å². The molecule has 13 heteroatoms. The molecule has 0 bridgehead atoms. The van der Waals surface area contributed by atoms with Crippen molar-refractivity contribution in [1.29, 1.82) is 0 Å². The summed E-state index contributed by atoms with van der Waals surface area (Å²) in [6, 6.07) is 0. The third-order valence-corrected chi connectivity index (χ3v) is 5.54. The van der Waals surface area contributed by atoms with Gasteiger partial charge in [0.15, 0.2) is 0 Å². The van der Waals surface area contributed by atoms with Gasteiger partial charge in [-0.1, -0.05) is 0 Å². The molecule has 17 heavy (non-hydrogen) atoms. The molecule has 1 saturated heterocycles. The van der Waals surface area contributed by atoms with E-state index in [1.165, 1.54) is 0 Å². The average Bonchev–Trinajstić information content (AvgIpc) is 2.27. The van der Waals surface area contributed by atoms with Gasteiger partial charge >= 0.3 is 33.6 Å². The van der Waals surface area contributed by atoms with E-state index in [1.807, 2.05) is 0 Å². The number of hydrogen-bond acceptors (Lipinski definition) is 7. The van der Waals surface area contributed by atoms with Crippen molar-refractivity contribution in [2.45, 2.75) is 10.5 Å². The van der Waals surface area contributed by atoms with E-state index in [0.717, 1.165) is 0 Å². The van der Waals surface area contributed by atoms with Crippen molar-refractivity contribution in [3.05, 3.63) is 0 Å². The Labute approximate surface area is 119 Å². The number of nitrogens with zero attached hydrogens (tertiary/aromatic N) is 1. The molecular formula is C4H6NNaO9S2. The molecule has 0 atom stereocenters. The summed E-state index contributed by atoms with van der Waals surface area (Å²) in [6.07, 6.45) is -1.60. The monoisotopic (exact) mass is 299 g/mol. The van der Waals surface area contributed by atoms with Crippen LogP contribution in [0.4, 0.5) is 0 Å². The zero-order chi connectivity index (χ0) is 12.9. The minimum atomic E-state index is -5.65. The predicted molar refractivity (Wildman–Crippen MR) is 45.2 cm³/mol. The summed E-state index contributed by atoms with van der Waals surface area (Å²) in [7, 11) is -11.3. The quantitative estimate of drug-likeness (QED) is 0.195. The van der Waals surface area contributed by atoms with E-state index < -0.39 is 47.6 Å². The van der Waals surface area contributed by atoms with Crippen LogP contribution in [-0.2, 0) is 29.8 Å². The summed E-state index contributed by atoms with van der Waals surface area (Å²) in [5.74, 6) is -3.73. The van der Waals surface area contributed by atoms with Gasteiger partial charge in [-0.3, -0.25) is 23.9 Å². The second-order valence-electron chi connectivity index (χ2n) is 2.89. The summed E-state index contributed by atoms with van der Waals surface area (Å²) in [6.45, 7) is 0. The van der Waals surface area contributed by atoms with Crippen molar-refractivity contribution in [3.8, 4) is 0 Å². The van der Waals surface area contributed by atoms with Crippen molar-refractivity contribution in [3.63, 3.8) is 0 Å². The molecule has 1 rings (SSSR count). The Morgan fingerprint density at radius 3 is 1.59 bits per heavy atom. The minimum Gasteiger partial charge on any atom is -1.00 e. The average molecular weight is 299 g/mol. The molecule has 0 spiro atoms. The molecule has 0 saturated carbocycles. The summed E-state index contributed by atoms with van der Waals surface area (Å²) in [5.41, 5.74) is 0. The normalized spacial score (nSPS) is 20.3. The molecule has 1 heterocycles. The summed E-state index contributed by atoms with van der Waals surface area (Å²) < 4.78 is 56.7. The molecule has 0 aromatic carbocycles. The maximum atomic E-state index is 11.1. The number of imide groups is 1. The Morgan fingerprint density at radius 2 is 1.47 bits per heavy atom. The number of carbonyl (C=O) groups is 2. The molecule has 3 N–H and O–H groups in total. The van der Waals surface area contributed by atoms with Gasteiger partial charge in [-0.2, -0.15) is 21.9 Å². The van der Waals surface area contributed by atoms with Crippen LogP contribution in [0.15, 0.2) is 0 Å². The van der Waals surface area contributed by atoms with Gasteiger partial charge < -0.3 is 1.43 Å². The second kappa shape index (κ2) is 4.55. The van der Waals surface area contributed by atoms with Gasteiger partial charge in [-0.05, 0) is 0 Å². The molecule has 0 unspecified atom stereocenters. The van der Waals surface area contributed by atoms with E-state index in [9.17, 15) is 26.4 Å². The van der Waals surface area contributed by atoms with E-state index >= 15 is 0 Å². The van der Waals surface area contributed by atoms with Gasteiger partial charge in [-0.25, -0.2) is 0 Å². The van der Waals surface area contributed by atoms with E-state index in [4.69, 9.17) is 14.3 Å². The Morgan fingerprint density at radius 1 is 1.12 bits per heavy atom. The molecule has 10 nitrogen and oxygen atoms in total. The number of rotatable bonds is 2. The predicted octanol–water partition coefficient (Wildman–Crippen LogP) is -5.28. The summed E-state index contributed by atoms with van der Waals surface area (Å²) in [4.78, 5) is 21.9. The molecule has 2 amide bonds. The fourth-order valence-electron chi connectivity index (χ4n) is 1.16. The second-order valence-corrected chi connectivity index (χ2v) is 6.44. The van der Waals surface area contributed by atoms with Gasteiger partial charge in [0.2, 0.25) is 0 Å². The van der Waals surface area contributed by atoms with Crippen molar-refractivity contribution >= 4 is 32.1 Å². The SMILES string of the molecule is O=C1CC(S(=O)(=O)O)(S(=O)(=O)O)C(=O)N1O.[H-].[Na+]. The van der Waals surface area contributed by atoms with Gasteiger partial charge in [0.1, 0.15) is 0 Å². The van der Waals surface area contributed by atoms with Gasteiger partial charge in [-0.15, -0.1) is 0 Å². The standard InChI is InChI=1S/C4H5NO9S2.Na.H/c6-2-1-4(15(9,10)11,16(12,13)14)3(7)5(2)8;;/h8H,1H2,(H,9,10,11)(H,12,13,14);;/q;+1;-1. The minimum absolute atomic E-state index is 0. The molecule has 1 aliphatic heterocycles. The molecule has 1 fully saturated rings. The molecular weight excluding hydrogens is 293 g/mol. The number of hydroxylamine groups is 2.